The molecule has 24 heavy (non-hydrogen) atoms. The van der Waals surface area contributed by atoms with E-state index < -0.39 is 14.6 Å². The molecule has 1 aliphatic carbocycles. The molecule has 0 aromatic heterocycles. The van der Waals surface area contributed by atoms with Crippen LogP contribution in [0.3, 0.4) is 0 Å². The number of hydrogen-bond donors (Lipinski definition) is 0. The van der Waals surface area contributed by atoms with E-state index in [0.717, 1.165) is 32.3 Å². The average Bonchev–Trinajstić information content (AvgIpc) is 3.32. The maximum atomic E-state index is 13.0. The van der Waals surface area contributed by atoms with Gasteiger partial charge in [0.05, 0.1) is 10.5 Å². The van der Waals surface area contributed by atoms with Crippen molar-refractivity contribution in [2.24, 2.45) is 0 Å². The van der Waals surface area contributed by atoms with Crippen molar-refractivity contribution in [1.82, 2.24) is 4.90 Å². The molecule has 3 fully saturated rings. The van der Waals surface area contributed by atoms with Gasteiger partial charge in [0.25, 0.3) is 0 Å². The first-order valence-corrected chi connectivity index (χ1v) is 10.2. The Kier molecular flexibility index (Phi) is 3.73. The van der Waals surface area contributed by atoms with Gasteiger partial charge in [0, 0.05) is 19.7 Å². The zero-order valence-corrected chi connectivity index (χ0v) is 14.6. The summed E-state index contributed by atoms with van der Waals surface area (Å²) in [5, 5.41) is 0. The molecule has 6 heteroatoms. The summed E-state index contributed by atoms with van der Waals surface area (Å²) >= 11 is 0. The molecule has 5 nitrogen and oxygen atoms in total. The third-order valence-electron chi connectivity index (χ3n) is 5.81. The normalized spacial score (nSPS) is 24.9. The number of ether oxygens (including phenoxy) is 1. The van der Waals surface area contributed by atoms with Crippen LogP contribution >= 0.6 is 0 Å². The number of benzene rings is 1. The number of nitrogens with zero attached hydrogens (tertiary/aromatic N) is 1. The van der Waals surface area contributed by atoms with Crippen molar-refractivity contribution >= 4 is 15.7 Å². The molecular formula is C18H23NO4S. The first kappa shape index (κ1) is 16.1. The van der Waals surface area contributed by atoms with Gasteiger partial charge in [-0.05, 0) is 50.7 Å². The summed E-state index contributed by atoms with van der Waals surface area (Å²) in [5.41, 5.74) is -0.0637. The number of likely N-dealkylation sites (tertiary alicyclic amines) is 1. The van der Waals surface area contributed by atoms with Gasteiger partial charge in [0.2, 0.25) is 5.91 Å². The topological polar surface area (TPSA) is 63.7 Å². The fraction of sp³-hybridized carbons (Fsp3) is 0.611. The quantitative estimate of drug-likeness (QED) is 0.839. The van der Waals surface area contributed by atoms with E-state index in [9.17, 15) is 13.2 Å². The zero-order valence-electron chi connectivity index (χ0n) is 13.7. The SMILES string of the molecule is O=C(N1CCC2(CCCO2)CC1)C1(S(=O)(=O)c2ccccc2)CC1. The lowest BCUT2D eigenvalue weighted by atomic mass is 9.88. The average molecular weight is 349 g/mol. The van der Waals surface area contributed by atoms with Crippen LogP contribution in [0, 0.1) is 0 Å². The highest BCUT2D eigenvalue weighted by Gasteiger charge is 2.62. The summed E-state index contributed by atoms with van der Waals surface area (Å²) in [4.78, 5) is 15.0. The van der Waals surface area contributed by atoms with Gasteiger partial charge in [-0.3, -0.25) is 4.79 Å². The maximum Gasteiger partial charge on any atom is 0.244 e. The Bertz CT molecular complexity index is 724. The minimum absolute atomic E-state index is 0.0637. The van der Waals surface area contributed by atoms with Gasteiger partial charge in [-0.25, -0.2) is 8.42 Å². The molecule has 0 unspecified atom stereocenters. The van der Waals surface area contributed by atoms with Crippen molar-refractivity contribution in [3.05, 3.63) is 30.3 Å². The second-order valence-corrected chi connectivity index (χ2v) is 9.50. The number of piperidine rings is 1. The van der Waals surface area contributed by atoms with Gasteiger partial charge in [-0.15, -0.1) is 0 Å². The fourth-order valence-corrected chi connectivity index (χ4v) is 6.06. The summed E-state index contributed by atoms with van der Waals surface area (Å²) in [6, 6.07) is 8.36. The first-order valence-electron chi connectivity index (χ1n) is 8.72. The van der Waals surface area contributed by atoms with Gasteiger partial charge >= 0.3 is 0 Å². The Labute approximate surface area is 142 Å². The second kappa shape index (κ2) is 5.56. The standard InChI is InChI=1S/C18H23NO4S/c20-16(19-12-10-17(11-13-19)7-4-14-23-17)18(8-9-18)24(21,22)15-5-2-1-3-6-15/h1-3,5-6H,4,7-14H2. The molecule has 1 aromatic carbocycles. The molecule has 0 radical (unpaired) electrons. The number of carbonyl (C=O) groups excluding carboxylic acids is 1. The summed E-state index contributed by atoms with van der Waals surface area (Å²) in [6.07, 6.45) is 4.64. The van der Waals surface area contributed by atoms with Crippen molar-refractivity contribution in [1.29, 1.82) is 0 Å². The summed E-state index contributed by atoms with van der Waals surface area (Å²) < 4.78 is 30.6. The largest absolute Gasteiger partial charge is 0.375 e. The predicted octanol–water partition coefficient (Wildman–Crippen LogP) is 2.16. The van der Waals surface area contributed by atoms with Crippen molar-refractivity contribution < 1.29 is 17.9 Å². The van der Waals surface area contributed by atoms with Gasteiger partial charge in [0.15, 0.2) is 14.6 Å². The van der Waals surface area contributed by atoms with E-state index in [1.165, 1.54) is 0 Å². The number of hydrogen-bond acceptors (Lipinski definition) is 4. The smallest absolute Gasteiger partial charge is 0.244 e. The molecule has 2 saturated heterocycles. The molecule has 2 aliphatic heterocycles. The molecule has 130 valence electrons. The number of rotatable bonds is 3. The highest BCUT2D eigenvalue weighted by molar-refractivity contribution is 7.94. The summed E-state index contributed by atoms with van der Waals surface area (Å²) in [6.45, 7) is 2.01. The molecule has 4 rings (SSSR count). The van der Waals surface area contributed by atoms with E-state index in [4.69, 9.17) is 4.74 Å². The van der Waals surface area contributed by atoms with Crippen LogP contribution in [0.15, 0.2) is 35.2 Å². The van der Waals surface area contributed by atoms with E-state index in [2.05, 4.69) is 0 Å². The Morgan fingerprint density at radius 1 is 1.00 bits per heavy atom. The number of carbonyl (C=O) groups is 1. The Balaban J connectivity index is 1.52. The van der Waals surface area contributed by atoms with Crippen LogP contribution < -0.4 is 0 Å². The number of amides is 1. The first-order chi connectivity index (χ1) is 11.5. The predicted molar refractivity (Wildman–Crippen MR) is 89.3 cm³/mol. The molecular weight excluding hydrogens is 326 g/mol. The molecule has 0 atom stereocenters. The Morgan fingerprint density at radius 2 is 1.67 bits per heavy atom. The molecule has 1 saturated carbocycles. The minimum atomic E-state index is -3.63. The third-order valence-corrected chi connectivity index (χ3v) is 8.31. The van der Waals surface area contributed by atoms with Crippen molar-refractivity contribution in [3.63, 3.8) is 0 Å². The van der Waals surface area contributed by atoms with Crippen LogP contribution in [0.1, 0.15) is 38.5 Å². The van der Waals surface area contributed by atoms with Crippen LogP contribution in [0.4, 0.5) is 0 Å². The van der Waals surface area contributed by atoms with E-state index in [1.54, 1.807) is 35.2 Å². The van der Waals surface area contributed by atoms with Crippen molar-refractivity contribution in [2.45, 2.75) is 53.8 Å². The minimum Gasteiger partial charge on any atom is -0.375 e. The van der Waals surface area contributed by atoms with Crippen molar-refractivity contribution in [2.75, 3.05) is 19.7 Å². The molecule has 1 spiro atoms. The Hall–Kier alpha value is -1.40. The maximum absolute atomic E-state index is 13.0. The fourth-order valence-electron chi connectivity index (χ4n) is 4.09. The second-order valence-electron chi connectivity index (χ2n) is 7.24. The van der Waals surface area contributed by atoms with Crippen LogP contribution in [-0.2, 0) is 19.4 Å². The van der Waals surface area contributed by atoms with Crippen LogP contribution in [0.2, 0.25) is 0 Å². The summed E-state index contributed by atoms with van der Waals surface area (Å²) in [5.74, 6) is -0.209. The van der Waals surface area contributed by atoms with E-state index in [0.29, 0.717) is 25.9 Å². The van der Waals surface area contributed by atoms with Gasteiger partial charge in [-0.2, -0.15) is 0 Å². The molecule has 0 N–H and O–H groups in total. The van der Waals surface area contributed by atoms with Crippen LogP contribution in [-0.4, -0.2) is 49.3 Å². The van der Waals surface area contributed by atoms with Gasteiger partial charge in [-0.1, -0.05) is 18.2 Å². The van der Waals surface area contributed by atoms with Crippen molar-refractivity contribution in [3.8, 4) is 0 Å². The zero-order chi connectivity index (χ0) is 16.8. The highest BCUT2D eigenvalue weighted by atomic mass is 32.2. The van der Waals surface area contributed by atoms with Gasteiger partial charge < -0.3 is 9.64 Å². The van der Waals surface area contributed by atoms with Crippen LogP contribution in [0.25, 0.3) is 0 Å². The monoisotopic (exact) mass is 349 g/mol. The molecule has 1 amide bonds. The lowest BCUT2D eigenvalue weighted by molar-refractivity contribution is -0.136. The van der Waals surface area contributed by atoms with Gasteiger partial charge in [0.1, 0.15) is 0 Å². The third kappa shape index (κ3) is 2.39. The highest BCUT2D eigenvalue weighted by Crippen LogP contribution is 2.49. The lowest BCUT2D eigenvalue weighted by Gasteiger charge is -2.39. The molecule has 1 aromatic rings. The van der Waals surface area contributed by atoms with E-state index >= 15 is 0 Å². The van der Waals surface area contributed by atoms with E-state index in [-0.39, 0.29) is 16.4 Å². The Morgan fingerprint density at radius 3 is 2.21 bits per heavy atom. The molecule has 3 aliphatic rings. The van der Waals surface area contributed by atoms with E-state index in [1.807, 2.05) is 0 Å². The summed E-state index contributed by atoms with van der Waals surface area (Å²) in [7, 11) is -3.63. The number of sulfone groups is 1. The molecule has 0 bridgehead atoms. The lowest BCUT2D eigenvalue weighted by Crippen LogP contribution is -2.51. The van der Waals surface area contributed by atoms with Crippen LogP contribution in [0.5, 0.6) is 0 Å². The molecule has 2 heterocycles.